The van der Waals surface area contributed by atoms with Crippen molar-refractivity contribution in [1.29, 1.82) is 0 Å². The Hall–Kier alpha value is -2.27. The predicted molar refractivity (Wildman–Crippen MR) is 108 cm³/mol. The number of nitrogens with zero attached hydrogens (tertiary/aromatic N) is 1. The van der Waals surface area contributed by atoms with Gasteiger partial charge in [-0.15, -0.1) is 0 Å². The fourth-order valence-electron chi connectivity index (χ4n) is 3.45. The third-order valence-corrected chi connectivity index (χ3v) is 5.96. The van der Waals surface area contributed by atoms with E-state index in [1.165, 1.54) is 12.8 Å². The molecule has 2 aromatic carbocycles. The molecule has 0 saturated heterocycles. The molecule has 4 rings (SSSR count). The Morgan fingerprint density at radius 2 is 1.88 bits per heavy atom. The Labute approximate surface area is 161 Å². The minimum absolute atomic E-state index is 0.0161. The molecule has 1 aromatic heterocycles. The number of nitrogens with one attached hydrogen (secondary N) is 1. The summed E-state index contributed by atoms with van der Waals surface area (Å²) in [6.45, 7) is 2.14. The summed E-state index contributed by atoms with van der Waals surface area (Å²) in [5.41, 5.74) is 2.44. The van der Waals surface area contributed by atoms with Crippen LogP contribution in [0.25, 0.3) is 10.9 Å². The number of rotatable bonds is 5. The lowest BCUT2D eigenvalue weighted by Gasteiger charge is -2.29. The number of anilines is 1. The second-order valence-corrected chi connectivity index (χ2v) is 7.60. The first-order valence-corrected chi connectivity index (χ1v) is 9.63. The van der Waals surface area contributed by atoms with E-state index < -0.39 is 0 Å². The molecule has 1 heterocycles. The van der Waals surface area contributed by atoms with Crippen LogP contribution in [0.2, 0.25) is 0 Å². The fourth-order valence-corrected chi connectivity index (χ4v) is 4.06. The summed E-state index contributed by atoms with van der Waals surface area (Å²) in [4.78, 5) is 18.7. The van der Waals surface area contributed by atoms with Gasteiger partial charge in [0.15, 0.2) is 0 Å². The van der Waals surface area contributed by atoms with Crippen molar-refractivity contribution in [2.45, 2.75) is 25.8 Å². The zero-order chi connectivity index (χ0) is 18.3. The van der Waals surface area contributed by atoms with Crippen LogP contribution in [-0.4, -0.2) is 24.0 Å². The number of carbonyl (C=O) groups excluding carboxylic acids is 1. The van der Waals surface area contributed by atoms with E-state index >= 15 is 0 Å². The van der Waals surface area contributed by atoms with Gasteiger partial charge in [-0.1, -0.05) is 18.2 Å². The molecule has 0 spiro atoms. The number of fused-ring (bicyclic) bond motifs is 1. The minimum atomic E-state index is -0.0161. The summed E-state index contributed by atoms with van der Waals surface area (Å²) >= 11 is 3.62. The average Bonchev–Trinajstić information content (AvgIpc) is 3.47. The average molecular weight is 413 g/mol. The number of para-hydroxylation sites is 1. The molecule has 1 saturated carbocycles. The number of hydrogen-bond donors (Lipinski definition) is 1. The van der Waals surface area contributed by atoms with Crippen molar-refractivity contribution in [2.24, 2.45) is 5.92 Å². The molecule has 1 amide bonds. The highest BCUT2D eigenvalue weighted by molar-refractivity contribution is 9.10. The van der Waals surface area contributed by atoms with Crippen LogP contribution < -0.4 is 9.64 Å². The van der Waals surface area contributed by atoms with E-state index in [9.17, 15) is 4.79 Å². The maximum absolute atomic E-state index is 13.5. The topological polar surface area (TPSA) is 45.3 Å². The van der Waals surface area contributed by atoms with Gasteiger partial charge in [0.25, 0.3) is 5.91 Å². The first-order valence-electron chi connectivity index (χ1n) is 8.84. The largest absolute Gasteiger partial charge is 0.497 e. The van der Waals surface area contributed by atoms with Gasteiger partial charge in [0.05, 0.1) is 11.6 Å². The number of H-pyrrole nitrogens is 1. The van der Waals surface area contributed by atoms with Crippen molar-refractivity contribution in [2.75, 3.05) is 12.0 Å². The normalized spacial score (nSPS) is 15.0. The van der Waals surface area contributed by atoms with Crippen molar-refractivity contribution in [3.63, 3.8) is 0 Å². The highest BCUT2D eigenvalue weighted by atomic mass is 79.9. The van der Waals surface area contributed by atoms with Gasteiger partial charge in [-0.05, 0) is 71.9 Å². The predicted octanol–water partition coefficient (Wildman–Crippen LogP) is 5.38. The van der Waals surface area contributed by atoms with E-state index in [0.717, 1.165) is 26.8 Å². The van der Waals surface area contributed by atoms with Crippen LogP contribution in [0.5, 0.6) is 5.75 Å². The number of benzene rings is 2. The molecule has 4 nitrogen and oxygen atoms in total. The van der Waals surface area contributed by atoms with Gasteiger partial charge < -0.3 is 14.6 Å². The molecule has 1 unspecified atom stereocenters. The number of methoxy groups -OCH3 is 1. The standard InChI is InChI=1S/C21H21BrN2O2/c1-13(14-7-8-14)24(15-9-11-16(26-2)12-10-15)21(25)20-19(22)17-5-3-4-6-18(17)23-20/h3-6,9-14,23H,7-8H2,1-2H3. The van der Waals surface area contributed by atoms with Crippen LogP contribution in [0.15, 0.2) is 53.0 Å². The number of ether oxygens (including phenoxy) is 1. The molecule has 1 atom stereocenters. The zero-order valence-electron chi connectivity index (χ0n) is 14.8. The summed E-state index contributed by atoms with van der Waals surface area (Å²) in [5.74, 6) is 1.33. The lowest BCUT2D eigenvalue weighted by molar-refractivity contribution is 0.0971. The smallest absolute Gasteiger partial charge is 0.276 e. The van der Waals surface area contributed by atoms with Gasteiger partial charge in [0.1, 0.15) is 11.4 Å². The summed E-state index contributed by atoms with van der Waals surface area (Å²) in [5, 5.41) is 1.02. The minimum Gasteiger partial charge on any atom is -0.497 e. The van der Waals surface area contributed by atoms with E-state index in [-0.39, 0.29) is 11.9 Å². The second kappa shape index (κ2) is 6.80. The number of halogens is 1. The number of hydrogen-bond acceptors (Lipinski definition) is 2. The van der Waals surface area contributed by atoms with Crippen LogP contribution in [0.4, 0.5) is 5.69 Å². The summed E-state index contributed by atoms with van der Waals surface area (Å²) in [7, 11) is 1.65. The number of aromatic amines is 1. The van der Waals surface area contributed by atoms with Crippen molar-refractivity contribution < 1.29 is 9.53 Å². The third-order valence-electron chi connectivity index (χ3n) is 5.14. The van der Waals surface area contributed by atoms with E-state index in [0.29, 0.717) is 11.6 Å². The fraction of sp³-hybridized carbons (Fsp3) is 0.286. The molecular formula is C21H21BrN2O2. The lowest BCUT2D eigenvalue weighted by Crippen LogP contribution is -2.40. The van der Waals surface area contributed by atoms with Gasteiger partial charge in [0.2, 0.25) is 0 Å². The SMILES string of the molecule is COc1ccc(N(C(=O)c2[nH]c3ccccc3c2Br)C(C)C2CC2)cc1. The van der Waals surface area contributed by atoms with Crippen molar-refractivity contribution in [1.82, 2.24) is 4.98 Å². The van der Waals surface area contributed by atoms with Crippen LogP contribution in [0, 0.1) is 5.92 Å². The maximum Gasteiger partial charge on any atom is 0.276 e. The summed E-state index contributed by atoms with van der Waals surface area (Å²) in [6, 6.07) is 15.8. The molecule has 5 heteroatoms. The van der Waals surface area contributed by atoms with Crippen molar-refractivity contribution >= 4 is 38.4 Å². The number of carbonyl (C=O) groups is 1. The van der Waals surface area contributed by atoms with Gasteiger partial charge in [-0.25, -0.2) is 0 Å². The lowest BCUT2D eigenvalue weighted by atomic mass is 10.1. The Kier molecular flexibility index (Phi) is 4.49. The first kappa shape index (κ1) is 17.2. The van der Waals surface area contributed by atoms with Gasteiger partial charge in [0, 0.05) is 22.6 Å². The molecule has 0 bridgehead atoms. The number of aromatic nitrogens is 1. The molecule has 0 radical (unpaired) electrons. The third kappa shape index (κ3) is 3.01. The van der Waals surface area contributed by atoms with E-state index in [2.05, 4.69) is 27.8 Å². The van der Waals surface area contributed by atoms with Crippen LogP contribution in [-0.2, 0) is 0 Å². The van der Waals surface area contributed by atoms with Crippen LogP contribution in [0.1, 0.15) is 30.3 Å². The molecule has 26 heavy (non-hydrogen) atoms. The summed E-state index contributed by atoms with van der Waals surface area (Å²) < 4.78 is 6.08. The van der Waals surface area contributed by atoms with Crippen LogP contribution in [0.3, 0.4) is 0 Å². The Balaban J connectivity index is 1.76. The highest BCUT2D eigenvalue weighted by Crippen LogP contribution is 2.39. The molecule has 1 N–H and O–H groups in total. The van der Waals surface area contributed by atoms with E-state index in [4.69, 9.17) is 4.74 Å². The Morgan fingerprint density at radius 1 is 1.19 bits per heavy atom. The highest BCUT2D eigenvalue weighted by Gasteiger charge is 2.36. The first-order chi connectivity index (χ1) is 12.6. The molecule has 1 aliphatic carbocycles. The van der Waals surface area contributed by atoms with E-state index in [1.807, 2.05) is 53.4 Å². The Bertz CT molecular complexity index is 944. The molecule has 3 aromatic rings. The monoisotopic (exact) mass is 412 g/mol. The maximum atomic E-state index is 13.5. The van der Waals surface area contributed by atoms with Crippen LogP contribution >= 0.6 is 15.9 Å². The number of amides is 1. The Morgan fingerprint density at radius 3 is 2.50 bits per heavy atom. The van der Waals surface area contributed by atoms with Crippen molar-refractivity contribution in [3.8, 4) is 5.75 Å². The van der Waals surface area contributed by atoms with Gasteiger partial charge in [-0.2, -0.15) is 0 Å². The molecule has 0 aliphatic heterocycles. The van der Waals surface area contributed by atoms with Gasteiger partial charge in [-0.3, -0.25) is 4.79 Å². The molecular weight excluding hydrogens is 392 g/mol. The molecule has 1 fully saturated rings. The zero-order valence-corrected chi connectivity index (χ0v) is 16.4. The van der Waals surface area contributed by atoms with E-state index in [1.54, 1.807) is 7.11 Å². The van der Waals surface area contributed by atoms with Crippen molar-refractivity contribution in [3.05, 3.63) is 58.7 Å². The molecule has 1 aliphatic rings. The quantitative estimate of drug-likeness (QED) is 0.610. The second-order valence-electron chi connectivity index (χ2n) is 6.81. The molecule has 134 valence electrons. The summed E-state index contributed by atoms with van der Waals surface area (Å²) in [6.07, 6.45) is 2.35. The van der Waals surface area contributed by atoms with Gasteiger partial charge >= 0.3 is 0 Å².